The highest BCUT2D eigenvalue weighted by Crippen LogP contribution is 2.21. The molecule has 1 aliphatic heterocycles. The lowest BCUT2D eigenvalue weighted by molar-refractivity contribution is -0.192. The first kappa shape index (κ1) is 27.1. The van der Waals surface area contributed by atoms with Crippen LogP contribution in [0, 0.1) is 0 Å². The number of aliphatic carboxylic acids is 1. The Kier molecular flexibility index (Phi) is 8.64. The molecule has 0 unspecified atom stereocenters. The fourth-order valence-corrected chi connectivity index (χ4v) is 3.74. The van der Waals surface area contributed by atoms with Crippen LogP contribution in [0.15, 0.2) is 53.6 Å². The van der Waals surface area contributed by atoms with Crippen LogP contribution in [0.25, 0.3) is 11.4 Å². The molecule has 0 saturated carbocycles. The summed E-state index contributed by atoms with van der Waals surface area (Å²) in [7, 11) is 0. The molecule has 1 fully saturated rings. The summed E-state index contributed by atoms with van der Waals surface area (Å²) in [4.78, 5) is 31.0. The zero-order valence-corrected chi connectivity index (χ0v) is 20.0. The van der Waals surface area contributed by atoms with E-state index >= 15 is 0 Å². The highest BCUT2D eigenvalue weighted by molar-refractivity contribution is 5.73. The van der Waals surface area contributed by atoms with Crippen LogP contribution in [0.3, 0.4) is 0 Å². The second-order valence-electron chi connectivity index (χ2n) is 9.02. The Balaban J connectivity index is 0.000000454. The van der Waals surface area contributed by atoms with E-state index < -0.39 is 12.1 Å². The van der Waals surface area contributed by atoms with Gasteiger partial charge in [0.25, 0.3) is 5.56 Å². The van der Waals surface area contributed by atoms with Gasteiger partial charge in [0.05, 0.1) is 5.69 Å². The Morgan fingerprint density at radius 1 is 1.22 bits per heavy atom. The molecular formula is C24H29F3N6O3. The molecule has 2 aromatic heterocycles. The molecule has 0 aliphatic carbocycles. The number of hydrogen-bond acceptors (Lipinski definition) is 6. The Bertz CT molecular complexity index is 1190. The van der Waals surface area contributed by atoms with Crippen molar-refractivity contribution in [1.82, 2.24) is 30.0 Å². The van der Waals surface area contributed by atoms with E-state index in [1.807, 2.05) is 29.1 Å². The predicted molar refractivity (Wildman–Crippen MR) is 127 cm³/mol. The molecule has 3 aromatic rings. The van der Waals surface area contributed by atoms with Crippen molar-refractivity contribution < 1.29 is 23.1 Å². The molecule has 0 spiro atoms. The second-order valence-corrected chi connectivity index (χ2v) is 9.02. The predicted octanol–water partition coefficient (Wildman–Crippen LogP) is 2.69. The number of aryl methyl sites for hydroxylation is 2. The summed E-state index contributed by atoms with van der Waals surface area (Å²) in [6.45, 7) is 9.24. The van der Waals surface area contributed by atoms with Crippen molar-refractivity contribution >= 4 is 5.97 Å². The Labute approximate surface area is 206 Å². The molecule has 0 bridgehead atoms. The number of aromatic amines is 1. The summed E-state index contributed by atoms with van der Waals surface area (Å²) in [5.74, 6) is -2.14. The Morgan fingerprint density at radius 2 is 1.92 bits per heavy atom. The number of H-pyrrole nitrogens is 1. The van der Waals surface area contributed by atoms with Crippen LogP contribution >= 0.6 is 0 Å². The van der Waals surface area contributed by atoms with Crippen molar-refractivity contribution in [3.63, 3.8) is 0 Å². The highest BCUT2D eigenvalue weighted by atomic mass is 19.4. The van der Waals surface area contributed by atoms with E-state index in [2.05, 4.69) is 51.3 Å². The molecule has 1 aliphatic rings. The molecule has 36 heavy (non-hydrogen) atoms. The largest absolute Gasteiger partial charge is 0.490 e. The lowest BCUT2D eigenvalue weighted by atomic mass is 9.99. The zero-order valence-electron chi connectivity index (χ0n) is 20.0. The van der Waals surface area contributed by atoms with Crippen LogP contribution in [0.4, 0.5) is 13.2 Å². The van der Waals surface area contributed by atoms with Gasteiger partial charge in [-0.15, -0.1) is 0 Å². The number of alkyl halides is 3. The van der Waals surface area contributed by atoms with Gasteiger partial charge in [0.2, 0.25) is 0 Å². The highest BCUT2D eigenvalue weighted by Gasteiger charge is 2.38. The number of nitrogens with one attached hydrogen (secondary N) is 2. The summed E-state index contributed by atoms with van der Waals surface area (Å²) >= 11 is 0. The standard InChI is InChI=1S/C22H28N6O.C2HF3O2/c1-22(2)16-23-10-13-27(22)15-17-4-6-18(7-5-17)21-25-19(14-20(29)26-21)8-12-28-11-3-9-24-28;3-2(4,5)1(6)7/h3-7,9,11,14,23H,8,10,12-13,15-16H2,1-2H3,(H,25,26,29);(H,6,7). The number of carboxylic acid groups (broad SMARTS) is 1. The number of carbonyl (C=O) groups is 1. The van der Waals surface area contributed by atoms with Gasteiger partial charge in [-0.1, -0.05) is 24.3 Å². The fraction of sp³-hybridized carbons (Fsp3) is 0.417. The first-order chi connectivity index (χ1) is 16.9. The van der Waals surface area contributed by atoms with Crippen LogP contribution in [0.2, 0.25) is 0 Å². The monoisotopic (exact) mass is 506 g/mol. The molecule has 0 atom stereocenters. The SMILES string of the molecule is CC1(C)CNCCN1Cc1ccc(-c2nc(CCn3cccn3)cc(=O)[nH]2)cc1.O=C(O)C(F)(F)F. The van der Waals surface area contributed by atoms with Gasteiger partial charge < -0.3 is 15.4 Å². The summed E-state index contributed by atoms with van der Waals surface area (Å²) in [6, 6.07) is 11.8. The molecule has 194 valence electrons. The first-order valence-electron chi connectivity index (χ1n) is 11.4. The number of piperazine rings is 1. The van der Waals surface area contributed by atoms with E-state index in [9.17, 15) is 18.0 Å². The number of benzene rings is 1. The van der Waals surface area contributed by atoms with Gasteiger partial charge in [0, 0.05) is 68.7 Å². The van der Waals surface area contributed by atoms with Crippen molar-refractivity contribution in [2.24, 2.45) is 0 Å². The Morgan fingerprint density at radius 3 is 2.50 bits per heavy atom. The average Bonchev–Trinajstić information content (AvgIpc) is 3.33. The number of halogens is 3. The molecule has 0 amide bonds. The quantitative estimate of drug-likeness (QED) is 0.471. The maximum atomic E-state index is 12.1. The summed E-state index contributed by atoms with van der Waals surface area (Å²) < 4.78 is 33.6. The van der Waals surface area contributed by atoms with Crippen molar-refractivity contribution in [2.75, 3.05) is 19.6 Å². The topological polar surface area (TPSA) is 116 Å². The van der Waals surface area contributed by atoms with Crippen molar-refractivity contribution in [2.45, 2.75) is 45.1 Å². The van der Waals surface area contributed by atoms with Gasteiger partial charge in [0.1, 0.15) is 5.82 Å². The van der Waals surface area contributed by atoms with E-state index in [1.54, 1.807) is 12.3 Å². The van der Waals surface area contributed by atoms with E-state index in [0.717, 1.165) is 37.4 Å². The van der Waals surface area contributed by atoms with Crippen LogP contribution < -0.4 is 10.9 Å². The van der Waals surface area contributed by atoms with Gasteiger partial charge in [-0.25, -0.2) is 9.78 Å². The Hall–Kier alpha value is -3.51. The van der Waals surface area contributed by atoms with Gasteiger partial charge in [-0.2, -0.15) is 18.3 Å². The van der Waals surface area contributed by atoms with Crippen molar-refractivity contribution in [3.05, 3.63) is 70.4 Å². The normalized spacial score (nSPS) is 15.7. The molecule has 4 rings (SSSR count). The molecule has 12 heteroatoms. The number of nitrogens with zero attached hydrogens (tertiary/aromatic N) is 4. The lowest BCUT2D eigenvalue weighted by Gasteiger charge is -2.42. The number of aromatic nitrogens is 4. The van der Waals surface area contributed by atoms with E-state index in [1.165, 1.54) is 5.56 Å². The van der Waals surface area contributed by atoms with E-state index in [4.69, 9.17) is 9.90 Å². The van der Waals surface area contributed by atoms with Crippen LogP contribution in [-0.4, -0.2) is 67.1 Å². The molecule has 9 nitrogen and oxygen atoms in total. The summed E-state index contributed by atoms with van der Waals surface area (Å²) in [5.41, 5.74) is 2.97. The third kappa shape index (κ3) is 7.75. The number of carboxylic acids is 1. The van der Waals surface area contributed by atoms with Gasteiger partial charge in [0.15, 0.2) is 0 Å². The maximum absolute atomic E-state index is 12.1. The summed E-state index contributed by atoms with van der Waals surface area (Å²) in [6.07, 6.45) is -0.763. The molecular weight excluding hydrogens is 477 g/mol. The number of rotatable bonds is 6. The van der Waals surface area contributed by atoms with Crippen LogP contribution in [-0.2, 0) is 24.3 Å². The lowest BCUT2D eigenvalue weighted by Crippen LogP contribution is -2.57. The minimum atomic E-state index is -5.08. The smallest absolute Gasteiger partial charge is 0.475 e. The maximum Gasteiger partial charge on any atom is 0.490 e. The minimum Gasteiger partial charge on any atom is -0.475 e. The fourth-order valence-electron chi connectivity index (χ4n) is 3.74. The molecule has 0 radical (unpaired) electrons. The number of hydrogen-bond donors (Lipinski definition) is 3. The summed E-state index contributed by atoms with van der Waals surface area (Å²) in [5, 5.41) is 14.8. The molecule has 1 aromatic carbocycles. The van der Waals surface area contributed by atoms with Gasteiger partial charge in [-0.3, -0.25) is 14.4 Å². The third-order valence-corrected chi connectivity index (χ3v) is 5.77. The van der Waals surface area contributed by atoms with Crippen molar-refractivity contribution in [3.8, 4) is 11.4 Å². The van der Waals surface area contributed by atoms with Crippen LogP contribution in [0.1, 0.15) is 25.1 Å². The average molecular weight is 507 g/mol. The minimum absolute atomic E-state index is 0.128. The van der Waals surface area contributed by atoms with Gasteiger partial charge in [-0.05, 0) is 25.5 Å². The molecule has 3 N–H and O–H groups in total. The zero-order chi connectivity index (χ0) is 26.3. The second kappa shape index (κ2) is 11.5. The van der Waals surface area contributed by atoms with E-state index in [-0.39, 0.29) is 11.1 Å². The third-order valence-electron chi connectivity index (χ3n) is 5.77. The van der Waals surface area contributed by atoms with E-state index in [0.29, 0.717) is 18.8 Å². The molecule has 1 saturated heterocycles. The molecule has 3 heterocycles. The van der Waals surface area contributed by atoms with Crippen molar-refractivity contribution in [1.29, 1.82) is 0 Å². The van der Waals surface area contributed by atoms with Gasteiger partial charge >= 0.3 is 12.1 Å². The van der Waals surface area contributed by atoms with Crippen LogP contribution in [0.5, 0.6) is 0 Å². The first-order valence-corrected chi connectivity index (χ1v) is 11.4.